The minimum Gasteiger partial charge on any atom is -0.463 e. The van der Waals surface area contributed by atoms with Crippen LogP contribution in [0, 0.1) is 11.3 Å². The zero-order valence-electron chi connectivity index (χ0n) is 18.5. The maximum absolute atomic E-state index is 11.7. The molecular weight excluding hydrogens is 422 g/mol. The number of ether oxygens (including phenoxy) is 2. The standard InChI is InChI=1S/C22H39NO3S3/c1-4-5-6-7-8-9-10-11-12-13-18-28-21(27)29-22(2,19-23)15-14-20(24)26-17-16-25-3/h4-18H2,1-3H3. The molecule has 0 aromatic carbocycles. The summed E-state index contributed by atoms with van der Waals surface area (Å²) in [5.74, 6) is 0.705. The smallest absolute Gasteiger partial charge is 0.305 e. The molecule has 0 aliphatic heterocycles. The lowest BCUT2D eigenvalue weighted by Crippen LogP contribution is -2.21. The van der Waals surface area contributed by atoms with E-state index < -0.39 is 4.75 Å². The third-order valence-electron chi connectivity index (χ3n) is 4.62. The Morgan fingerprint density at radius 2 is 1.62 bits per heavy atom. The Hall–Kier alpha value is -0.290. The molecular formula is C22H39NO3S3. The highest BCUT2D eigenvalue weighted by molar-refractivity contribution is 8.47. The number of carbonyl (C=O) groups excluding carboxylic acids is 1. The van der Waals surface area contributed by atoms with E-state index in [4.69, 9.17) is 21.7 Å². The van der Waals surface area contributed by atoms with E-state index in [1.54, 1.807) is 18.9 Å². The lowest BCUT2D eigenvalue weighted by molar-refractivity contribution is -0.145. The Morgan fingerprint density at radius 3 is 2.17 bits per heavy atom. The molecule has 0 rings (SSSR count). The molecule has 0 aromatic heterocycles. The van der Waals surface area contributed by atoms with Gasteiger partial charge in [0.25, 0.3) is 0 Å². The monoisotopic (exact) mass is 461 g/mol. The van der Waals surface area contributed by atoms with Crippen molar-refractivity contribution in [3.8, 4) is 6.07 Å². The van der Waals surface area contributed by atoms with Gasteiger partial charge >= 0.3 is 5.97 Å². The number of nitriles is 1. The molecule has 0 amide bonds. The van der Waals surface area contributed by atoms with Crippen LogP contribution in [0.25, 0.3) is 0 Å². The maximum Gasteiger partial charge on any atom is 0.305 e. The molecule has 1 unspecified atom stereocenters. The summed E-state index contributed by atoms with van der Waals surface area (Å²) in [4.78, 5) is 11.7. The van der Waals surface area contributed by atoms with Gasteiger partial charge in [-0.2, -0.15) is 5.26 Å². The average molecular weight is 462 g/mol. The Labute approximate surface area is 192 Å². The van der Waals surface area contributed by atoms with Gasteiger partial charge in [-0.15, -0.1) is 11.8 Å². The second-order valence-corrected chi connectivity index (χ2v) is 11.2. The summed E-state index contributed by atoms with van der Waals surface area (Å²) in [7, 11) is 1.56. The molecule has 0 spiro atoms. The van der Waals surface area contributed by atoms with E-state index in [1.165, 1.54) is 69.5 Å². The molecule has 1 atom stereocenters. The molecule has 0 saturated heterocycles. The quantitative estimate of drug-likeness (QED) is 0.125. The van der Waals surface area contributed by atoms with E-state index >= 15 is 0 Å². The molecule has 7 heteroatoms. The van der Waals surface area contributed by atoms with Crippen LogP contribution in [0.15, 0.2) is 0 Å². The molecule has 29 heavy (non-hydrogen) atoms. The second-order valence-electron chi connectivity index (χ2n) is 7.44. The predicted octanol–water partition coefficient (Wildman–Crippen LogP) is 6.91. The van der Waals surface area contributed by atoms with Crippen LogP contribution in [0.3, 0.4) is 0 Å². The van der Waals surface area contributed by atoms with Crippen molar-refractivity contribution in [2.75, 3.05) is 26.1 Å². The predicted molar refractivity (Wildman–Crippen MR) is 131 cm³/mol. The fraction of sp³-hybridized carbons (Fsp3) is 0.864. The van der Waals surface area contributed by atoms with Crippen molar-refractivity contribution in [3.05, 3.63) is 0 Å². The highest BCUT2D eigenvalue weighted by Crippen LogP contribution is 2.34. The van der Waals surface area contributed by atoms with Crippen molar-refractivity contribution < 1.29 is 14.3 Å². The lowest BCUT2D eigenvalue weighted by Gasteiger charge is -2.20. The van der Waals surface area contributed by atoms with E-state index in [2.05, 4.69) is 13.0 Å². The molecule has 4 nitrogen and oxygen atoms in total. The van der Waals surface area contributed by atoms with Gasteiger partial charge in [-0.1, -0.05) is 88.7 Å². The number of methoxy groups -OCH3 is 1. The molecule has 0 saturated carbocycles. The van der Waals surface area contributed by atoms with Gasteiger partial charge in [0.15, 0.2) is 0 Å². The Kier molecular flexibility index (Phi) is 19.5. The summed E-state index contributed by atoms with van der Waals surface area (Å²) in [6.07, 6.45) is 13.9. The normalized spacial score (nSPS) is 12.9. The van der Waals surface area contributed by atoms with Gasteiger partial charge in [-0.3, -0.25) is 4.79 Å². The summed E-state index contributed by atoms with van der Waals surface area (Å²) in [5, 5.41) is 9.51. The van der Waals surface area contributed by atoms with Crippen molar-refractivity contribution in [2.45, 2.75) is 95.6 Å². The van der Waals surface area contributed by atoms with Crippen LogP contribution in [0.1, 0.15) is 90.9 Å². The first-order valence-electron chi connectivity index (χ1n) is 10.9. The van der Waals surface area contributed by atoms with Crippen molar-refractivity contribution >= 4 is 45.2 Å². The van der Waals surface area contributed by atoms with E-state index in [1.807, 2.05) is 6.92 Å². The number of hydrogen-bond acceptors (Lipinski definition) is 7. The molecule has 0 fully saturated rings. The molecule has 0 radical (unpaired) electrons. The number of esters is 1. The molecule has 0 heterocycles. The third kappa shape index (κ3) is 18.2. The number of rotatable bonds is 18. The zero-order chi connectivity index (χ0) is 21.8. The van der Waals surface area contributed by atoms with Gasteiger partial charge in [0.2, 0.25) is 0 Å². The van der Waals surface area contributed by atoms with Crippen LogP contribution in [0.2, 0.25) is 0 Å². The van der Waals surface area contributed by atoms with E-state index in [-0.39, 0.29) is 19.0 Å². The Morgan fingerprint density at radius 1 is 1.03 bits per heavy atom. The molecule has 0 aliphatic carbocycles. The van der Waals surface area contributed by atoms with Crippen LogP contribution >= 0.6 is 35.7 Å². The Balaban J connectivity index is 3.79. The summed E-state index contributed by atoms with van der Waals surface area (Å²) < 4.78 is 10.00. The number of thioether (sulfide) groups is 2. The van der Waals surface area contributed by atoms with Crippen molar-refractivity contribution in [1.29, 1.82) is 5.26 Å². The van der Waals surface area contributed by atoms with Gasteiger partial charge in [-0.05, 0) is 25.5 Å². The summed E-state index contributed by atoms with van der Waals surface area (Å²) in [5.41, 5.74) is 0. The van der Waals surface area contributed by atoms with Crippen LogP contribution in [-0.2, 0) is 14.3 Å². The molecule has 0 bridgehead atoms. The van der Waals surface area contributed by atoms with Crippen molar-refractivity contribution in [1.82, 2.24) is 0 Å². The van der Waals surface area contributed by atoms with E-state index in [0.717, 1.165) is 15.7 Å². The molecule has 0 N–H and O–H groups in total. The van der Waals surface area contributed by atoms with E-state index in [0.29, 0.717) is 13.0 Å². The first-order chi connectivity index (χ1) is 14.0. The zero-order valence-corrected chi connectivity index (χ0v) is 21.0. The average Bonchev–Trinajstić information content (AvgIpc) is 2.70. The highest BCUT2D eigenvalue weighted by atomic mass is 32.2. The summed E-state index contributed by atoms with van der Waals surface area (Å²) in [6, 6.07) is 2.30. The number of carbonyl (C=O) groups is 1. The summed E-state index contributed by atoms with van der Waals surface area (Å²) in [6.45, 7) is 4.73. The third-order valence-corrected chi connectivity index (χ3v) is 7.47. The minimum atomic E-state index is -0.692. The lowest BCUT2D eigenvalue weighted by atomic mass is 10.1. The fourth-order valence-corrected chi connectivity index (χ4v) is 5.71. The summed E-state index contributed by atoms with van der Waals surface area (Å²) >= 11 is 8.50. The van der Waals surface area contributed by atoms with Crippen molar-refractivity contribution in [2.24, 2.45) is 0 Å². The van der Waals surface area contributed by atoms with Crippen LogP contribution in [0.4, 0.5) is 0 Å². The number of hydrogen-bond donors (Lipinski definition) is 0. The number of unbranched alkanes of at least 4 members (excludes halogenated alkanes) is 9. The van der Waals surface area contributed by atoms with Crippen LogP contribution in [0.5, 0.6) is 0 Å². The maximum atomic E-state index is 11.7. The fourth-order valence-electron chi connectivity index (χ4n) is 2.74. The van der Waals surface area contributed by atoms with Gasteiger partial charge in [0.05, 0.1) is 12.7 Å². The Bertz CT molecular complexity index is 482. The van der Waals surface area contributed by atoms with Gasteiger partial charge in [-0.25, -0.2) is 0 Å². The van der Waals surface area contributed by atoms with Crippen molar-refractivity contribution in [3.63, 3.8) is 0 Å². The first-order valence-corrected chi connectivity index (χ1v) is 13.1. The van der Waals surface area contributed by atoms with Gasteiger partial charge in [0.1, 0.15) is 14.9 Å². The van der Waals surface area contributed by atoms with Gasteiger partial charge in [0, 0.05) is 13.5 Å². The molecule has 168 valence electrons. The van der Waals surface area contributed by atoms with Crippen LogP contribution in [-0.4, -0.2) is 40.3 Å². The molecule has 0 aromatic rings. The largest absolute Gasteiger partial charge is 0.463 e. The first kappa shape index (κ1) is 28.7. The molecule has 0 aliphatic rings. The van der Waals surface area contributed by atoms with E-state index in [9.17, 15) is 10.1 Å². The minimum absolute atomic E-state index is 0.215. The topological polar surface area (TPSA) is 59.3 Å². The SMILES string of the molecule is CCCCCCCCCCCCSC(=S)SC(C)(C#N)CCC(=O)OCCOC. The van der Waals surface area contributed by atoms with Gasteiger partial charge < -0.3 is 9.47 Å². The highest BCUT2D eigenvalue weighted by Gasteiger charge is 2.28. The second kappa shape index (κ2) is 19.7. The number of thiocarbonyl (C=S) groups is 1. The number of nitrogens with zero attached hydrogens (tertiary/aromatic N) is 1. The van der Waals surface area contributed by atoms with Crippen LogP contribution < -0.4 is 0 Å².